The van der Waals surface area contributed by atoms with Gasteiger partial charge >= 0.3 is 5.97 Å². The van der Waals surface area contributed by atoms with E-state index in [1.54, 1.807) is 54.9 Å². The first-order valence-corrected chi connectivity index (χ1v) is 13.8. The van der Waals surface area contributed by atoms with Gasteiger partial charge in [-0.25, -0.2) is 18.2 Å². The molecule has 1 atom stereocenters. The van der Waals surface area contributed by atoms with Gasteiger partial charge in [-0.15, -0.1) is 0 Å². The molecule has 10 nitrogen and oxygen atoms in total. The van der Waals surface area contributed by atoms with Crippen LogP contribution in [0, 0.1) is 0 Å². The predicted molar refractivity (Wildman–Crippen MR) is 145 cm³/mol. The molecule has 1 aliphatic rings. The van der Waals surface area contributed by atoms with E-state index in [9.17, 15) is 18.0 Å². The van der Waals surface area contributed by atoms with Crippen LogP contribution in [-0.2, 0) is 24.3 Å². The van der Waals surface area contributed by atoms with Crippen LogP contribution in [-0.4, -0.2) is 67.0 Å². The minimum Gasteiger partial charge on any atom is -0.449 e. The normalized spacial score (nSPS) is 15.0. The zero-order valence-corrected chi connectivity index (χ0v) is 21.9. The Morgan fingerprint density at radius 3 is 2.59 bits per heavy atom. The second-order valence-corrected chi connectivity index (χ2v) is 10.8. The van der Waals surface area contributed by atoms with Crippen LogP contribution in [0.1, 0.15) is 17.3 Å². The summed E-state index contributed by atoms with van der Waals surface area (Å²) in [6.07, 6.45) is 2.13. The molecule has 2 aromatic heterocycles. The second-order valence-electron chi connectivity index (χ2n) is 8.89. The minimum atomic E-state index is -3.74. The van der Waals surface area contributed by atoms with Crippen LogP contribution in [0.5, 0.6) is 0 Å². The number of carbonyl (C=O) groups is 2. The number of esters is 1. The molecule has 0 spiro atoms. The third-order valence-electron chi connectivity index (χ3n) is 6.26. The standard InChI is InChI=1S/C28H26N4O6S/c1-19(27(33)30-21-7-4-8-22(16-21)39(35,36)32-12-14-37-15-13-32)38-28(34)24-17-26(20-6-5-11-29-18-20)31-25-10-3-2-9-23(24)25/h2-11,16-19H,12-15H2,1H3,(H,30,33)/t19-/m0/s1. The second kappa shape index (κ2) is 11.3. The van der Waals surface area contributed by atoms with Gasteiger partial charge in [0.15, 0.2) is 6.10 Å². The summed E-state index contributed by atoms with van der Waals surface area (Å²) in [4.78, 5) is 34.9. The summed E-state index contributed by atoms with van der Waals surface area (Å²) in [5.41, 5.74) is 2.41. The maximum absolute atomic E-state index is 13.2. The summed E-state index contributed by atoms with van der Waals surface area (Å²) >= 11 is 0. The lowest BCUT2D eigenvalue weighted by atomic mass is 10.0. The van der Waals surface area contributed by atoms with Gasteiger partial charge in [0.2, 0.25) is 10.0 Å². The van der Waals surface area contributed by atoms with Crippen LogP contribution in [0.25, 0.3) is 22.2 Å². The van der Waals surface area contributed by atoms with Gasteiger partial charge in [-0.05, 0) is 49.4 Å². The van der Waals surface area contributed by atoms with E-state index >= 15 is 0 Å². The molecular formula is C28H26N4O6S. The number of rotatable bonds is 7. The van der Waals surface area contributed by atoms with Gasteiger partial charge in [0.05, 0.1) is 34.9 Å². The minimum absolute atomic E-state index is 0.0537. The molecule has 5 rings (SSSR count). The summed E-state index contributed by atoms with van der Waals surface area (Å²) in [5, 5.41) is 3.23. The molecule has 1 amide bonds. The largest absolute Gasteiger partial charge is 0.449 e. The van der Waals surface area contributed by atoms with Crippen LogP contribution >= 0.6 is 0 Å². The number of fused-ring (bicyclic) bond motifs is 1. The number of sulfonamides is 1. The fourth-order valence-electron chi connectivity index (χ4n) is 4.20. The van der Waals surface area contributed by atoms with Gasteiger partial charge in [-0.2, -0.15) is 4.31 Å². The molecule has 4 aromatic rings. The number of nitrogens with zero attached hydrogens (tertiary/aromatic N) is 3. The lowest BCUT2D eigenvalue weighted by Gasteiger charge is -2.26. The SMILES string of the molecule is C[C@H](OC(=O)c1cc(-c2cccnc2)nc2ccccc12)C(=O)Nc1cccc(S(=O)(=O)N2CCOCC2)c1. The van der Waals surface area contributed by atoms with Gasteiger partial charge in [0.1, 0.15) is 0 Å². The Labute approximate surface area is 225 Å². The molecule has 39 heavy (non-hydrogen) atoms. The molecule has 2 aromatic carbocycles. The summed E-state index contributed by atoms with van der Waals surface area (Å²) in [6, 6.07) is 18.4. The Hall–Kier alpha value is -4.19. The highest BCUT2D eigenvalue weighted by Crippen LogP contribution is 2.26. The van der Waals surface area contributed by atoms with Crippen molar-refractivity contribution in [2.75, 3.05) is 31.6 Å². The van der Waals surface area contributed by atoms with Crippen LogP contribution in [0.3, 0.4) is 0 Å². The molecule has 0 radical (unpaired) electrons. The first-order chi connectivity index (χ1) is 18.8. The van der Waals surface area contributed by atoms with Crippen molar-refractivity contribution in [3.8, 4) is 11.3 Å². The van der Waals surface area contributed by atoms with Crippen molar-refractivity contribution in [3.05, 3.63) is 84.7 Å². The molecule has 0 saturated carbocycles. The molecule has 1 saturated heterocycles. The van der Waals surface area contributed by atoms with Crippen molar-refractivity contribution in [1.82, 2.24) is 14.3 Å². The fourth-order valence-corrected chi connectivity index (χ4v) is 5.65. The monoisotopic (exact) mass is 546 g/mol. The quantitative estimate of drug-likeness (QED) is 0.349. The van der Waals surface area contributed by atoms with Crippen molar-refractivity contribution in [2.24, 2.45) is 0 Å². The molecule has 200 valence electrons. The number of benzene rings is 2. The molecule has 0 bridgehead atoms. The van der Waals surface area contributed by atoms with Crippen molar-refractivity contribution >= 4 is 38.5 Å². The fraction of sp³-hybridized carbons (Fsp3) is 0.214. The number of para-hydroxylation sites is 1. The Bertz CT molecular complexity index is 1620. The first-order valence-electron chi connectivity index (χ1n) is 12.3. The van der Waals surface area contributed by atoms with E-state index < -0.39 is 28.0 Å². The summed E-state index contributed by atoms with van der Waals surface area (Å²) in [7, 11) is -3.74. The number of amides is 1. The molecule has 11 heteroatoms. The lowest BCUT2D eigenvalue weighted by Crippen LogP contribution is -2.40. The average Bonchev–Trinajstić information content (AvgIpc) is 2.97. The molecule has 1 N–H and O–H groups in total. The average molecular weight is 547 g/mol. The van der Waals surface area contributed by atoms with Gasteiger partial charge in [0.25, 0.3) is 5.91 Å². The highest BCUT2D eigenvalue weighted by atomic mass is 32.2. The molecular weight excluding hydrogens is 520 g/mol. The number of nitrogens with one attached hydrogen (secondary N) is 1. The van der Waals surface area contributed by atoms with Crippen molar-refractivity contribution in [2.45, 2.75) is 17.9 Å². The summed E-state index contributed by atoms with van der Waals surface area (Å²) in [5.74, 6) is -1.29. The number of hydrogen-bond donors (Lipinski definition) is 1. The van der Waals surface area contributed by atoms with Crippen LogP contribution in [0.4, 0.5) is 5.69 Å². The predicted octanol–water partition coefficient (Wildman–Crippen LogP) is 3.50. The van der Waals surface area contributed by atoms with E-state index in [1.165, 1.54) is 23.4 Å². The molecule has 0 unspecified atom stereocenters. The van der Waals surface area contributed by atoms with E-state index in [4.69, 9.17) is 9.47 Å². The number of aromatic nitrogens is 2. The molecule has 1 fully saturated rings. The zero-order chi connectivity index (χ0) is 27.4. The zero-order valence-electron chi connectivity index (χ0n) is 21.1. The Kier molecular flexibility index (Phi) is 7.64. The van der Waals surface area contributed by atoms with Gasteiger partial charge < -0.3 is 14.8 Å². The van der Waals surface area contributed by atoms with Gasteiger partial charge in [0, 0.05) is 42.1 Å². The number of morpholine rings is 1. The van der Waals surface area contributed by atoms with E-state index in [2.05, 4.69) is 15.3 Å². The van der Waals surface area contributed by atoms with Crippen molar-refractivity contribution in [3.63, 3.8) is 0 Å². The van der Waals surface area contributed by atoms with Crippen LogP contribution in [0.15, 0.2) is 84.0 Å². The van der Waals surface area contributed by atoms with Gasteiger partial charge in [-0.3, -0.25) is 9.78 Å². The van der Waals surface area contributed by atoms with Crippen LogP contribution < -0.4 is 5.32 Å². The van der Waals surface area contributed by atoms with Crippen molar-refractivity contribution < 1.29 is 27.5 Å². The molecule has 1 aliphatic heterocycles. The van der Waals surface area contributed by atoms with Gasteiger partial charge in [-0.1, -0.05) is 24.3 Å². The first kappa shape index (κ1) is 26.4. The summed E-state index contributed by atoms with van der Waals surface area (Å²) < 4.78 is 38.1. The summed E-state index contributed by atoms with van der Waals surface area (Å²) in [6.45, 7) is 2.63. The maximum atomic E-state index is 13.2. The van der Waals surface area contributed by atoms with Crippen molar-refractivity contribution in [1.29, 1.82) is 0 Å². The number of anilines is 1. The van der Waals surface area contributed by atoms with E-state index in [0.717, 1.165) is 5.56 Å². The number of ether oxygens (including phenoxy) is 2. The third-order valence-corrected chi connectivity index (χ3v) is 8.15. The highest BCUT2D eigenvalue weighted by molar-refractivity contribution is 7.89. The third kappa shape index (κ3) is 5.80. The smallest absolute Gasteiger partial charge is 0.339 e. The Morgan fingerprint density at radius 1 is 1.03 bits per heavy atom. The number of pyridine rings is 2. The molecule has 0 aliphatic carbocycles. The topological polar surface area (TPSA) is 128 Å². The van der Waals surface area contributed by atoms with E-state index in [-0.39, 0.29) is 29.2 Å². The highest BCUT2D eigenvalue weighted by Gasteiger charge is 2.27. The van der Waals surface area contributed by atoms with Crippen LogP contribution in [0.2, 0.25) is 0 Å². The molecule has 3 heterocycles. The van der Waals surface area contributed by atoms with E-state index in [1.807, 2.05) is 12.1 Å². The van der Waals surface area contributed by atoms with E-state index in [0.29, 0.717) is 29.8 Å². The number of hydrogen-bond acceptors (Lipinski definition) is 8. The Morgan fingerprint density at radius 2 is 1.82 bits per heavy atom. The lowest BCUT2D eigenvalue weighted by molar-refractivity contribution is -0.123. The Balaban J connectivity index is 1.33. The maximum Gasteiger partial charge on any atom is 0.339 e. The number of carbonyl (C=O) groups excluding carboxylic acids is 2.